The maximum Gasteiger partial charge on any atom is 0.456 e. The van der Waals surface area contributed by atoms with E-state index in [0.29, 0.717) is 12.2 Å². The number of alkyl halides is 8. The first-order chi connectivity index (χ1) is 16.6. The van der Waals surface area contributed by atoms with Gasteiger partial charge in [0.1, 0.15) is 0 Å². The van der Waals surface area contributed by atoms with Crippen molar-refractivity contribution in [1.29, 1.82) is 0 Å². The van der Waals surface area contributed by atoms with Crippen LogP contribution in [0.5, 0.6) is 5.88 Å². The molecule has 1 aliphatic heterocycles. The number of pyridine rings is 1. The fraction of sp³-hybridized carbons (Fsp3) is 0.545. The fourth-order valence-electron chi connectivity index (χ4n) is 3.17. The summed E-state index contributed by atoms with van der Waals surface area (Å²) >= 11 is 1.34. The second kappa shape index (κ2) is 11.7. The Morgan fingerprint density at radius 2 is 1.86 bits per heavy atom. The van der Waals surface area contributed by atoms with Crippen LogP contribution in [0.2, 0.25) is 0 Å². The Kier molecular flexibility index (Phi) is 9.65. The summed E-state index contributed by atoms with van der Waals surface area (Å²) in [6.45, 7) is 1.51. The van der Waals surface area contributed by atoms with Gasteiger partial charge in [-0.15, -0.1) is 11.8 Å². The Bertz CT molecular complexity index is 1050. The molecule has 2 heterocycles. The predicted octanol–water partition coefficient (Wildman–Crippen LogP) is 6.23. The SMILES string of the molecule is CC/C=C\C(=C/N1C=NC(c2cn(C)c(OCC(F)(F)C(F)(F)F)cc2=O)CC1SCC)C(F)(F)F. The summed E-state index contributed by atoms with van der Waals surface area (Å²) in [6.07, 6.45) is -4.15. The molecule has 202 valence electrons. The number of aryl methyl sites for hydroxylation is 1. The lowest BCUT2D eigenvalue weighted by atomic mass is 10.0. The van der Waals surface area contributed by atoms with Crippen molar-refractivity contribution < 1.29 is 39.9 Å². The highest BCUT2D eigenvalue weighted by Gasteiger charge is 2.58. The van der Waals surface area contributed by atoms with Crippen LogP contribution in [0.15, 0.2) is 46.0 Å². The van der Waals surface area contributed by atoms with Gasteiger partial charge < -0.3 is 14.2 Å². The van der Waals surface area contributed by atoms with Crippen LogP contribution in [0.25, 0.3) is 0 Å². The molecule has 2 atom stereocenters. The van der Waals surface area contributed by atoms with Crippen molar-refractivity contribution in [3.05, 3.63) is 52.0 Å². The molecule has 0 spiro atoms. The van der Waals surface area contributed by atoms with Crippen LogP contribution < -0.4 is 10.2 Å². The van der Waals surface area contributed by atoms with Gasteiger partial charge in [0.25, 0.3) is 0 Å². The quantitative estimate of drug-likeness (QED) is 0.272. The van der Waals surface area contributed by atoms with Gasteiger partial charge in [0.15, 0.2) is 17.9 Å². The predicted molar refractivity (Wildman–Crippen MR) is 121 cm³/mol. The summed E-state index contributed by atoms with van der Waals surface area (Å²) in [5, 5.41) is -0.504. The van der Waals surface area contributed by atoms with Crippen molar-refractivity contribution in [1.82, 2.24) is 9.47 Å². The molecule has 0 N–H and O–H groups in total. The van der Waals surface area contributed by atoms with E-state index in [1.165, 1.54) is 42.3 Å². The molecular formula is C22H25F8N3O2S. The highest BCUT2D eigenvalue weighted by molar-refractivity contribution is 7.99. The van der Waals surface area contributed by atoms with E-state index in [1.807, 2.05) is 6.92 Å². The van der Waals surface area contributed by atoms with Gasteiger partial charge in [-0.2, -0.15) is 35.1 Å². The van der Waals surface area contributed by atoms with Crippen molar-refractivity contribution in [3.63, 3.8) is 0 Å². The molecule has 1 aromatic rings. The molecule has 14 heteroatoms. The van der Waals surface area contributed by atoms with E-state index in [4.69, 9.17) is 0 Å². The third-order valence-electron chi connectivity index (χ3n) is 5.04. The van der Waals surface area contributed by atoms with E-state index >= 15 is 0 Å². The Labute approximate surface area is 206 Å². The third kappa shape index (κ3) is 7.50. The summed E-state index contributed by atoms with van der Waals surface area (Å²) in [5.74, 6) is -5.06. The lowest BCUT2D eigenvalue weighted by molar-refractivity contribution is -0.290. The molecule has 0 radical (unpaired) electrons. The lowest BCUT2D eigenvalue weighted by Gasteiger charge is -2.33. The topological polar surface area (TPSA) is 46.8 Å². The molecule has 36 heavy (non-hydrogen) atoms. The molecule has 0 amide bonds. The number of rotatable bonds is 9. The van der Waals surface area contributed by atoms with E-state index in [1.54, 1.807) is 6.92 Å². The van der Waals surface area contributed by atoms with E-state index in [2.05, 4.69) is 9.73 Å². The molecule has 2 rings (SSSR count). The number of aliphatic imine (C=N–C) groups is 1. The van der Waals surface area contributed by atoms with Crippen molar-refractivity contribution in [2.45, 2.75) is 56.4 Å². The summed E-state index contributed by atoms with van der Waals surface area (Å²) in [4.78, 5) is 18.1. The number of allylic oxidation sites excluding steroid dienone is 3. The van der Waals surface area contributed by atoms with E-state index in [0.717, 1.165) is 22.9 Å². The summed E-state index contributed by atoms with van der Waals surface area (Å²) in [7, 11) is 1.29. The van der Waals surface area contributed by atoms with E-state index in [-0.39, 0.29) is 12.0 Å². The fourth-order valence-corrected chi connectivity index (χ4v) is 4.16. The van der Waals surface area contributed by atoms with Crippen molar-refractivity contribution in [2.75, 3.05) is 12.4 Å². The van der Waals surface area contributed by atoms with Gasteiger partial charge in [0, 0.05) is 37.5 Å². The first-order valence-electron chi connectivity index (χ1n) is 10.8. The molecule has 2 unspecified atom stereocenters. The maximum atomic E-state index is 13.4. The lowest BCUT2D eigenvalue weighted by Crippen LogP contribution is -2.42. The molecule has 0 saturated carbocycles. The van der Waals surface area contributed by atoms with Crippen LogP contribution in [-0.4, -0.2) is 51.8 Å². The van der Waals surface area contributed by atoms with Crippen LogP contribution >= 0.6 is 11.8 Å². The second-order valence-corrected chi connectivity index (χ2v) is 9.25. The minimum atomic E-state index is -5.81. The minimum Gasteiger partial charge on any atom is -0.472 e. The summed E-state index contributed by atoms with van der Waals surface area (Å²) in [5.41, 5.74) is -1.49. The van der Waals surface area contributed by atoms with Gasteiger partial charge in [-0.1, -0.05) is 26.0 Å². The van der Waals surface area contributed by atoms with Crippen LogP contribution in [0.3, 0.4) is 0 Å². The standard InChI is InChI=1S/C22H25F8N3O2S/c1-4-6-7-14(21(25,26)27)10-33-13-31-16(8-19(33)36-5-2)15-11-32(3)18(9-17(15)34)35-12-20(23,24)22(28,29)30/h6-7,9-11,13,16,19H,4-5,8,12H2,1-3H3/b7-6-,14-10+. The summed E-state index contributed by atoms with van der Waals surface area (Å²) in [6, 6.07) is 0.00615. The smallest absolute Gasteiger partial charge is 0.456 e. The van der Waals surface area contributed by atoms with Crippen LogP contribution in [0.1, 0.15) is 38.3 Å². The molecule has 0 bridgehead atoms. The number of halogens is 8. The molecule has 0 aromatic carbocycles. The molecule has 1 aromatic heterocycles. The number of nitrogens with zero attached hydrogens (tertiary/aromatic N) is 3. The highest BCUT2D eigenvalue weighted by Crippen LogP contribution is 2.37. The first kappa shape index (κ1) is 29.7. The number of hydrogen-bond acceptors (Lipinski definition) is 5. The van der Waals surface area contributed by atoms with Crippen LogP contribution in [-0.2, 0) is 7.05 Å². The molecule has 5 nitrogen and oxygen atoms in total. The summed E-state index contributed by atoms with van der Waals surface area (Å²) < 4.78 is 109. The normalized spacial score (nSPS) is 19.9. The number of hydrogen-bond donors (Lipinski definition) is 0. The highest BCUT2D eigenvalue weighted by atomic mass is 32.2. The Balaban J connectivity index is 2.33. The molecule has 0 saturated heterocycles. The van der Waals surface area contributed by atoms with Gasteiger partial charge in [-0.05, 0) is 12.2 Å². The maximum absolute atomic E-state index is 13.4. The molecular weight excluding hydrogens is 522 g/mol. The zero-order valence-electron chi connectivity index (χ0n) is 19.5. The Morgan fingerprint density at radius 3 is 2.42 bits per heavy atom. The average molecular weight is 548 g/mol. The number of thioether (sulfide) groups is 1. The van der Waals surface area contributed by atoms with Gasteiger partial charge in [-0.25, -0.2) is 0 Å². The molecule has 0 aliphatic carbocycles. The Hall–Kier alpha value is -2.51. The van der Waals surface area contributed by atoms with E-state index in [9.17, 15) is 39.9 Å². The second-order valence-electron chi connectivity index (χ2n) is 7.80. The van der Waals surface area contributed by atoms with Crippen molar-refractivity contribution >= 4 is 18.1 Å². The third-order valence-corrected chi connectivity index (χ3v) is 6.19. The van der Waals surface area contributed by atoms with E-state index < -0.39 is 53.2 Å². The van der Waals surface area contributed by atoms with Crippen LogP contribution in [0.4, 0.5) is 35.1 Å². The first-order valence-corrected chi connectivity index (χ1v) is 11.8. The zero-order chi connectivity index (χ0) is 27.3. The van der Waals surface area contributed by atoms with Crippen molar-refractivity contribution in [3.8, 4) is 5.88 Å². The van der Waals surface area contributed by atoms with Gasteiger partial charge in [0.2, 0.25) is 0 Å². The largest absolute Gasteiger partial charge is 0.472 e. The molecule has 0 fully saturated rings. The minimum absolute atomic E-state index is 0.0935. The number of ether oxygens (including phenoxy) is 1. The monoisotopic (exact) mass is 547 g/mol. The zero-order valence-corrected chi connectivity index (χ0v) is 20.4. The van der Waals surface area contributed by atoms with Gasteiger partial charge in [-0.3, -0.25) is 9.79 Å². The van der Waals surface area contributed by atoms with Gasteiger partial charge >= 0.3 is 18.3 Å². The van der Waals surface area contributed by atoms with Crippen molar-refractivity contribution in [2.24, 2.45) is 12.0 Å². The van der Waals surface area contributed by atoms with Gasteiger partial charge in [0.05, 0.1) is 23.3 Å². The average Bonchev–Trinajstić information content (AvgIpc) is 2.76. The molecule has 1 aliphatic rings. The Morgan fingerprint density at radius 1 is 1.19 bits per heavy atom. The van der Waals surface area contributed by atoms with Crippen LogP contribution in [0, 0.1) is 0 Å². The number of aromatic nitrogens is 1.